The average Bonchev–Trinajstić information content (AvgIpc) is 2.65. The number of ketones is 1. The van der Waals surface area contributed by atoms with Gasteiger partial charge in [0.25, 0.3) is 11.6 Å². The quantitative estimate of drug-likeness (QED) is 0.658. The molecule has 2 aliphatic rings. The first-order valence-corrected chi connectivity index (χ1v) is 5.88. The van der Waals surface area contributed by atoms with E-state index < -0.39 is 17.5 Å². The summed E-state index contributed by atoms with van der Waals surface area (Å²) >= 11 is 5.88. The van der Waals surface area contributed by atoms with Crippen molar-refractivity contribution in [2.45, 2.75) is 25.0 Å². The maximum Gasteiger partial charge on any atom is 0.377 e. The van der Waals surface area contributed by atoms with Gasteiger partial charge in [-0.25, -0.2) is 4.79 Å². The number of rotatable bonds is 2. The van der Waals surface area contributed by atoms with Gasteiger partial charge < -0.3 is 14.6 Å². The first kappa shape index (κ1) is 11.3. The van der Waals surface area contributed by atoms with Crippen molar-refractivity contribution in [1.82, 2.24) is 0 Å². The third kappa shape index (κ3) is 1.54. The van der Waals surface area contributed by atoms with E-state index in [-0.39, 0.29) is 10.6 Å². The van der Waals surface area contributed by atoms with Crippen molar-refractivity contribution in [1.29, 1.82) is 0 Å². The van der Waals surface area contributed by atoms with Gasteiger partial charge in [0, 0.05) is 18.9 Å². The van der Waals surface area contributed by atoms with Gasteiger partial charge in [-0.1, -0.05) is 11.6 Å². The normalized spacial score (nSPS) is 18.5. The molecule has 1 N–H and O–H groups in total. The highest BCUT2D eigenvalue weighted by atomic mass is 35.5. The molecule has 0 radical (unpaired) electrons. The van der Waals surface area contributed by atoms with Crippen molar-refractivity contribution < 1.29 is 24.2 Å². The number of aliphatic carboxylic acids is 1. The largest absolute Gasteiger partial charge is 0.475 e. The predicted octanol–water partition coefficient (Wildman–Crippen LogP) is 2.26. The van der Waals surface area contributed by atoms with E-state index in [9.17, 15) is 9.59 Å². The number of ether oxygens (including phenoxy) is 2. The number of hydrogen-bond donors (Lipinski definition) is 1. The molecule has 1 fully saturated rings. The van der Waals surface area contributed by atoms with E-state index in [1.807, 2.05) is 0 Å². The van der Waals surface area contributed by atoms with Crippen LogP contribution < -0.4 is 9.47 Å². The number of Topliss-reactive ketones (excluding diaryl/α,β-unsaturated/α-hetero) is 1. The van der Waals surface area contributed by atoms with Crippen LogP contribution in [0.15, 0.2) is 12.1 Å². The summed E-state index contributed by atoms with van der Waals surface area (Å²) in [6.45, 7) is 0. The van der Waals surface area contributed by atoms with Crippen molar-refractivity contribution in [3.8, 4) is 11.5 Å². The highest BCUT2D eigenvalue weighted by molar-refractivity contribution is 6.45. The third-order valence-corrected chi connectivity index (χ3v) is 3.49. The molecule has 0 amide bonds. The Morgan fingerprint density at radius 2 is 1.83 bits per heavy atom. The molecule has 1 heterocycles. The average molecular weight is 269 g/mol. The fourth-order valence-electron chi connectivity index (χ4n) is 2.08. The molecule has 1 aromatic carbocycles. The van der Waals surface area contributed by atoms with Gasteiger partial charge in [0.15, 0.2) is 11.5 Å². The highest BCUT2D eigenvalue weighted by Crippen LogP contribution is 2.49. The number of halogens is 1. The van der Waals surface area contributed by atoms with E-state index in [1.54, 1.807) is 0 Å². The van der Waals surface area contributed by atoms with Crippen molar-refractivity contribution in [3.05, 3.63) is 22.7 Å². The van der Waals surface area contributed by atoms with Crippen molar-refractivity contribution >= 4 is 23.4 Å². The van der Waals surface area contributed by atoms with E-state index in [0.29, 0.717) is 11.5 Å². The molecule has 3 rings (SSSR count). The van der Waals surface area contributed by atoms with Gasteiger partial charge >= 0.3 is 5.97 Å². The van der Waals surface area contributed by atoms with Crippen LogP contribution in [-0.4, -0.2) is 22.6 Å². The van der Waals surface area contributed by atoms with Crippen LogP contribution >= 0.6 is 11.6 Å². The standard InChI is InChI=1S/C12H9ClO5/c13-7-5-9-8(4-6(7)10(14)11(15)16)17-12(18-9)2-1-3-12/h4-5H,1-3H2,(H,15,16). The zero-order valence-electron chi connectivity index (χ0n) is 9.23. The van der Waals surface area contributed by atoms with Gasteiger partial charge in [0.05, 0.1) is 10.6 Å². The first-order chi connectivity index (χ1) is 8.51. The van der Waals surface area contributed by atoms with Crippen molar-refractivity contribution in [3.63, 3.8) is 0 Å². The molecule has 1 aromatic rings. The first-order valence-electron chi connectivity index (χ1n) is 5.50. The minimum absolute atomic E-state index is 0.0566. The Labute approximate surface area is 107 Å². The number of carboxylic acids is 1. The summed E-state index contributed by atoms with van der Waals surface area (Å²) in [5.74, 6) is -2.39. The summed E-state index contributed by atoms with van der Waals surface area (Å²) in [5, 5.41) is 8.74. The van der Waals surface area contributed by atoms with Gasteiger partial charge in [0.2, 0.25) is 0 Å². The van der Waals surface area contributed by atoms with Crippen LogP contribution in [0.4, 0.5) is 0 Å². The van der Waals surface area contributed by atoms with Crippen molar-refractivity contribution in [2.75, 3.05) is 0 Å². The zero-order chi connectivity index (χ0) is 12.9. The van der Waals surface area contributed by atoms with Crippen LogP contribution in [0.3, 0.4) is 0 Å². The number of carboxylic acid groups (broad SMARTS) is 1. The zero-order valence-corrected chi connectivity index (χ0v) is 9.99. The molecule has 0 bridgehead atoms. The Hall–Kier alpha value is -1.75. The Bertz CT molecular complexity index is 562. The fourth-order valence-corrected chi connectivity index (χ4v) is 2.31. The molecule has 0 saturated heterocycles. The van der Waals surface area contributed by atoms with Gasteiger partial charge in [-0.2, -0.15) is 0 Å². The molecular formula is C12H9ClO5. The van der Waals surface area contributed by atoms with Crippen LogP contribution in [0.1, 0.15) is 29.6 Å². The van der Waals surface area contributed by atoms with E-state index >= 15 is 0 Å². The van der Waals surface area contributed by atoms with Gasteiger partial charge in [0.1, 0.15) is 0 Å². The van der Waals surface area contributed by atoms with Crippen LogP contribution in [0.25, 0.3) is 0 Å². The number of benzene rings is 1. The second-order valence-electron chi connectivity index (χ2n) is 4.38. The van der Waals surface area contributed by atoms with Gasteiger partial charge in [-0.15, -0.1) is 0 Å². The van der Waals surface area contributed by atoms with Gasteiger partial charge in [-0.05, 0) is 12.5 Å². The Morgan fingerprint density at radius 1 is 1.22 bits per heavy atom. The van der Waals surface area contributed by atoms with Crippen LogP contribution in [0.2, 0.25) is 5.02 Å². The van der Waals surface area contributed by atoms with Gasteiger partial charge in [-0.3, -0.25) is 4.79 Å². The summed E-state index contributed by atoms with van der Waals surface area (Å²) < 4.78 is 11.3. The number of hydrogen-bond acceptors (Lipinski definition) is 4. The summed E-state index contributed by atoms with van der Waals surface area (Å²) in [6, 6.07) is 2.77. The molecule has 1 saturated carbocycles. The molecule has 0 aromatic heterocycles. The highest BCUT2D eigenvalue weighted by Gasteiger charge is 2.47. The molecule has 6 heteroatoms. The number of carbonyl (C=O) groups is 2. The van der Waals surface area contributed by atoms with E-state index in [0.717, 1.165) is 19.3 Å². The molecule has 5 nitrogen and oxygen atoms in total. The lowest BCUT2D eigenvalue weighted by molar-refractivity contribution is -0.138. The second-order valence-corrected chi connectivity index (χ2v) is 4.79. The Kier molecular flexibility index (Phi) is 2.28. The van der Waals surface area contributed by atoms with E-state index in [4.69, 9.17) is 26.2 Å². The fraction of sp³-hybridized carbons (Fsp3) is 0.333. The Morgan fingerprint density at radius 3 is 2.33 bits per heavy atom. The molecule has 94 valence electrons. The Balaban J connectivity index is 1.99. The lowest BCUT2D eigenvalue weighted by Crippen LogP contribution is -2.45. The van der Waals surface area contributed by atoms with Crippen LogP contribution in [-0.2, 0) is 4.79 Å². The SMILES string of the molecule is O=C(O)C(=O)c1cc2c(cc1Cl)OC1(CCC1)O2. The molecule has 1 aliphatic heterocycles. The van der Waals surface area contributed by atoms with E-state index in [2.05, 4.69) is 0 Å². The lowest BCUT2D eigenvalue weighted by atomic mass is 9.91. The molecule has 0 atom stereocenters. The summed E-state index contributed by atoms with van der Waals surface area (Å²) in [5.41, 5.74) is -0.0807. The predicted molar refractivity (Wildman–Crippen MR) is 61.3 cm³/mol. The number of fused-ring (bicyclic) bond motifs is 1. The monoisotopic (exact) mass is 268 g/mol. The summed E-state index contributed by atoms with van der Waals surface area (Å²) in [4.78, 5) is 22.1. The summed E-state index contributed by atoms with van der Waals surface area (Å²) in [6.07, 6.45) is 2.58. The van der Waals surface area contributed by atoms with Crippen LogP contribution in [0, 0.1) is 0 Å². The maximum absolute atomic E-state index is 11.4. The number of carbonyl (C=O) groups excluding carboxylic acids is 1. The minimum atomic E-state index is -1.55. The molecule has 18 heavy (non-hydrogen) atoms. The maximum atomic E-state index is 11.4. The van der Waals surface area contributed by atoms with Crippen LogP contribution in [0.5, 0.6) is 11.5 Å². The topological polar surface area (TPSA) is 72.8 Å². The smallest absolute Gasteiger partial charge is 0.377 e. The minimum Gasteiger partial charge on any atom is -0.475 e. The molecule has 0 unspecified atom stereocenters. The second kappa shape index (κ2) is 3.62. The summed E-state index contributed by atoms with van der Waals surface area (Å²) in [7, 11) is 0. The van der Waals surface area contributed by atoms with Crippen molar-refractivity contribution in [2.24, 2.45) is 0 Å². The van der Waals surface area contributed by atoms with E-state index in [1.165, 1.54) is 12.1 Å². The third-order valence-electron chi connectivity index (χ3n) is 3.18. The molecular weight excluding hydrogens is 260 g/mol. The molecule has 1 aliphatic carbocycles. The molecule has 1 spiro atoms. The lowest BCUT2D eigenvalue weighted by Gasteiger charge is -2.35.